The van der Waals surface area contributed by atoms with Gasteiger partial charge in [0, 0.05) is 32.7 Å². The molecule has 7 aromatic carbocycles. The van der Waals surface area contributed by atoms with Crippen LogP contribution in [0.2, 0.25) is 0 Å². The zero-order valence-electron chi connectivity index (χ0n) is 25.8. The average Bonchev–Trinajstić information content (AvgIpc) is 3.67. The third kappa shape index (κ3) is 4.01. The van der Waals surface area contributed by atoms with Crippen LogP contribution in [0.4, 0.5) is 0 Å². The smallest absolute Gasteiger partial charge is 0.101 e. The van der Waals surface area contributed by atoms with Crippen molar-refractivity contribution in [2.24, 2.45) is 0 Å². The molecule has 0 saturated heterocycles. The van der Waals surface area contributed by atoms with Crippen molar-refractivity contribution in [1.82, 2.24) is 9.13 Å². The second-order valence-corrected chi connectivity index (χ2v) is 11.9. The van der Waals surface area contributed by atoms with E-state index < -0.39 is 0 Å². The summed E-state index contributed by atoms with van der Waals surface area (Å²) < 4.78 is 4.57. The lowest BCUT2D eigenvalue weighted by molar-refractivity contribution is 1.17. The summed E-state index contributed by atoms with van der Waals surface area (Å²) >= 11 is 0. The molecule has 2 aromatic heterocycles. The predicted molar refractivity (Wildman–Crippen MR) is 195 cm³/mol. The van der Waals surface area contributed by atoms with Crippen LogP contribution in [0.3, 0.4) is 0 Å². The van der Waals surface area contributed by atoms with Gasteiger partial charge in [-0.25, -0.2) is 0 Å². The second kappa shape index (κ2) is 10.9. The van der Waals surface area contributed by atoms with Gasteiger partial charge in [0.25, 0.3) is 0 Å². The predicted octanol–water partition coefficient (Wildman–Crippen LogP) is 11.0. The van der Waals surface area contributed by atoms with Crippen LogP contribution in [0.5, 0.6) is 0 Å². The third-order valence-electron chi connectivity index (χ3n) is 9.41. The van der Waals surface area contributed by atoms with Crippen molar-refractivity contribution in [2.45, 2.75) is 0 Å². The van der Waals surface area contributed by atoms with Gasteiger partial charge in [-0.05, 0) is 59.7 Å². The van der Waals surface area contributed by atoms with Crippen LogP contribution in [0.25, 0.3) is 77.2 Å². The summed E-state index contributed by atoms with van der Waals surface area (Å²) in [4.78, 5) is 0. The van der Waals surface area contributed by atoms with Gasteiger partial charge in [0.2, 0.25) is 0 Å². The molecule has 0 aliphatic heterocycles. The topological polar surface area (TPSA) is 57.4 Å². The molecule has 0 bridgehead atoms. The van der Waals surface area contributed by atoms with E-state index in [0.29, 0.717) is 11.1 Å². The molecule has 9 aromatic rings. The van der Waals surface area contributed by atoms with Crippen molar-refractivity contribution in [1.29, 1.82) is 10.5 Å². The van der Waals surface area contributed by atoms with Gasteiger partial charge in [-0.3, -0.25) is 0 Å². The average molecular weight is 611 g/mol. The summed E-state index contributed by atoms with van der Waals surface area (Å²) in [6.07, 6.45) is 0. The van der Waals surface area contributed by atoms with Crippen molar-refractivity contribution >= 4 is 43.6 Å². The molecule has 0 amide bonds. The number of nitriles is 2. The van der Waals surface area contributed by atoms with E-state index in [2.05, 4.69) is 143 Å². The van der Waals surface area contributed by atoms with Crippen LogP contribution in [0.1, 0.15) is 11.1 Å². The fourth-order valence-corrected chi connectivity index (χ4v) is 7.40. The minimum absolute atomic E-state index is 0.625. The molecule has 4 heteroatoms. The first-order chi connectivity index (χ1) is 23.8. The molecule has 0 spiro atoms. The van der Waals surface area contributed by atoms with Gasteiger partial charge in [0.1, 0.15) is 6.07 Å². The lowest BCUT2D eigenvalue weighted by Gasteiger charge is -2.18. The van der Waals surface area contributed by atoms with Gasteiger partial charge in [-0.15, -0.1) is 0 Å². The van der Waals surface area contributed by atoms with Crippen molar-refractivity contribution in [3.63, 3.8) is 0 Å². The lowest BCUT2D eigenvalue weighted by Crippen LogP contribution is -2.00. The van der Waals surface area contributed by atoms with Crippen LogP contribution in [-0.4, -0.2) is 9.13 Å². The zero-order chi connectivity index (χ0) is 32.2. The largest absolute Gasteiger partial charge is 0.309 e. The minimum atomic E-state index is 0.625. The molecule has 0 radical (unpaired) electrons. The van der Waals surface area contributed by atoms with Gasteiger partial charge >= 0.3 is 0 Å². The molecule has 222 valence electrons. The molecule has 0 fully saturated rings. The summed E-state index contributed by atoms with van der Waals surface area (Å²) in [6.45, 7) is 0. The number of hydrogen-bond donors (Lipinski definition) is 0. The summed E-state index contributed by atoms with van der Waals surface area (Å²) in [5, 5.41) is 24.3. The Morgan fingerprint density at radius 3 is 1.67 bits per heavy atom. The van der Waals surface area contributed by atoms with Gasteiger partial charge in [0.05, 0.1) is 50.6 Å². The Bertz CT molecular complexity index is 2820. The van der Waals surface area contributed by atoms with E-state index in [1.165, 1.54) is 0 Å². The molecule has 2 heterocycles. The van der Waals surface area contributed by atoms with Crippen LogP contribution in [-0.2, 0) is 0 Å². The second-order valence-electron chi connectivity index (χ2n) is 11.9. The highest BCUT2D eigenvalue weighted by atomic mass is 15.0. The third-order valence-corrected chi connectivity index (χ3v) is 9.41. The van der Waals surface area contributed by atoms with Gasteiger partial charge in [-0.2, -0.15) is 10.5 Å². The summed E-state index contributed by atoms with van der Waals surface area (Å²) in [6, 6.07) is 59.0. The van der Waals surface area contributed by atoms with Gasteiger partial charge < -0.3 is 9.13 Å². The number of hydrogen-bond acceptors (Lipinski definition) is 2. The van der Waals surface area contributed by atoms with E-state index in [4.69, 9.17) is 0 Å². The highest BCUT2D eigenvalue weighted by molar-refractivity contribution is 6.15. The molecular weight excluding hydrogens is 585 g/mol. The molecule has 48 heavy (non-hydrogen) atoms. The van der Waals surface area contributed by atoms with Crippen molar-refractivity contribution < 1.29 is 0 Å². The van der Waals surface area contributed by atoms with Crippen LogP contribution < -0.4 is 0 Å². The number of fused-ring (bicyclic) bond motifs is 6. The highest BCUT2D eigenvalue weighted by Gasteiger charge is 2.21. The fourth-order valence-electron chi connectivity index (χ4n) is 7.40. The van der Waals surface area contributed by atoms with Crippen LogP contribution >= 0.6 is 0 Å². The number of nitrogens with zero attached hydrogens (tertiary/aromatic N) is 4. The van der Waals surface area contributed by atoms with Gasteiger partial charge in [0.15, 0.2) is 0 Å². The Kier molecular flexibility index (Phi) is 6.22. The Morgan fingerprint density at radius 1 is 0.375 bits per heavy atom. The zero-order valence-corrected chi connectivity index (χ0v) is 25.8. The highest BCUT2D eigenvalue weighted by Crippen LogP contribution is 2.44. The van der Waals surface area contributed by atoms with E-state index in [9.17, 15) is 10.5 Å². The number of benzene rings is 7. The Balaban J connectivity index is 1.36. The summed E-state index contributed by atoms with van der Waals surface area (Å²) in [5.74, 6) is 0. The first-order valence-electron chi connectivity index (χ1n) is 15.9. The van der Waals surface area contributed by atoms with E-state index in [0.717, 1.165) is 77.2 Å². The lowest BCUT2D eigenvalue weighted by atomic mass is 9.92. The molecule has 0 saturated carbocycles. The molecule has 0 aliphatic rings. The van der Waals surface area contributed by atoms with E-state index >= 15 is 0 Å². The standard InChI is InChI=1S/C44H26N4/c45-27-29-24-25-43-38(26-29)35-17-6-9-22-41(35)47(43)40-21-8-4-15-33(40)31-13-2-3-14-32(31)36-18-11-19-37-34-16-5-10-23-42(34)48(44(36)37)39-20-7-1-12-30(39)28-46/h1-26H. The quantitative estimate of drug-likeness (QED) is 0.199. The number of rotatable bonds is 4. The molecule has 4 nitrogen and oxygen atoms in total. The summed E-state index contributed by atoms with van der Waals surface area (Å²) in [7, 11) is 0. The normalized spacial score (nSPS) is 11.3. The van der Waals surface area contributed by atoms with E-state index in [-0.39, 0.29) is 0 Å². The fraction of sp³-hybridized carbons (Fsp3) is 0. The minimum Gasteiger partial charge on any atom is -0.309 e. The van der Waals surface area contributed by atoms with Crippen molar-refractivity contribution in [3.8, 4) is 45.8 Å². The molecule has 0 N–H and O–H groups in total. The maximum atomic E-state index is 10.2. The SMILES string of the molecule is N#Cc1ccc2c(c1)c1ccccc1n2-c1ccccc1-c1ccccc1-c1cccc2c3ccccc3n(-c3ccccc3C#N)c12. The van der Waals surface area contributed by atoms with Crippen LogP contribution in [0, 0.1) is 22.7 Å². The van der Waals surface area contributed by atoms with Crippen molar-refractivity contribution in [3.05, 3.63) is 169 Å². The molecular formula is C44H26N4. The Morgan fingerprint density at radius 2 is 0.917 bits per heavy atom. The van der Waals surface area contributed by atoms with Crippen molar-refractivity contribution in [2.75, 3.05) is 0 Å². The first-order valence-corrected chi connectivity index (χ1v) is 15.9. The Labute approximate surface area is 277 Å². The monoisotopic (exact) mass is 610 g/mol. The van der Waals surface area contributed by atoms with E-state index in [1.807, 2.05) is 36.4 Å². The van der Waals surface area contributed by atoms with E-state index in [1.54, 1.807) is 0 Å². The van der Waals surface area contributed by atoms with Gasteiger partial charge in [-0.1, -0.05) is 109 Å². The molecule has 0 atom stereocenters. The maximum absolute atomic E-state index is 10.2. The maximum Gasteiger partial charge on any atom is 0.101 e. The number of para-hydroxylation sites is 5. The molecule has 0 aliphatic carbocycles. The first kappa shape index (κ1) is 27.4. The Hall–Kier alpha value is -6.88. The number of aromatic nitrogens is 2. The molecule has 9 rings (SSSR count). The summed E-state index contributed by atoms with van der Waals surface area (Å²) in [5.41, 5.74) is 11.8. The molecule has 0 unspecified atom stereocenters. The van der Waals surface area contributed by atoms with Crippen LogP contribution in [0.15, 0.2) is 158 Å².